The standard InChI is InChI=1S/C13H17N3S/c1-13(2,3)12-11(17-16-15-12)10(14)9-7-5-4-6-8-9/h4-8,10H,14H2,1-3H3. The third kappa shape index (κ3) is 2.53. The molecule has 1 heterocycles. The van der Waals surface area contributed by atoms with Crippen molar-refractivity contribution in [1.82, 2.24) is 9.59 Å². The van der Waals surface area contributed by atoms with Gasteiger partial charge in [-0.3, -0.25) is 0 Å². The summed E-state index contributed by atoms with van der Waals surface area (Å²) >= 11 is 1.39. The van der Waals surface area contributed by atoms with Crippen LogP contribution in [-0.4, -0.2) is 9.59 Å². The zero-order chi connectivity index (χ0) is 12.5. The Morgan fingerprint density at radius 1 is 1.18 bits per heavy atom. The van der Waals surface area contributed by atoms with E-state index in [-0.39, 0.29) is 11.5 Å². The summed E-state index contributed by atoms with van der Waals surface area (Å²) in [6.07, 6.45) is 0. The molecule has 0 spiro atoms. The highest BCUT2D eigenvalue weighted by atomic mass is 32.1. The van der Waals surface area contributed by atoms with E-state index in [2.05, 4.69) is 30.4 Å². The van der Waals surface area contributed by atoms with E-state index in [1.165, 1.54) is 11.5 Å². The quantitative estimate of drug-likeness (QED) is 0.887. The lowest BCUT2D eigenvalue weighted by molar-refractivity contribution is 0.556. The van der Waals surface area contributed by atoms with Crippen molar-refractivity contribution in [3.8, 4) is 0 Å². The summed E-state index contributed by atoms with van der Waals surface area (Å²) in [6, 6.07) is 9.94. The Morgan fingerprint density at radius 3 is 2.41 bits per heavy atom. The number of aromatic nitrogens is 2. The molecule has 0 aliphatic heterocycles. The van der Waals surface area contributed by atoms with Crippen LogP contribution in [0.25, 0.3) is 0 Å². The van der Waals surface area contributed by atoms with Gasteiger partial charge in [0, 0.05) is 5.41 Å². The maximum Gasteiger partial charge on any atom is 0.0860 e. The second kappa shape index (κ2) is 4.55. The number of benzene rings is 1. The van der Waals surface area contributed by atoms with Gasteiger partial charge in [0.1, 0.15) is 0 Å². The summed E-state index contributed by atoms with van der Waals surface area (Å²) in [6.45, 7) is 6.39. The van der Waals surface area contributed by atoms with E-state index in [1.807, 2.05) is 30.3 Å². The normalized spacial score (nSPS) is 13.6. The van der Waals surface area contributed by atoms with Crippen molar-refractivity contribution in [2.45, 2.75) is 32.2 Å². The second-order valence-electron chi connectivity index (χ2n) is 5.12. The number of nitrogens with zero attached hydrogens (tertiary/aromatic N) is 2. The Kier molecular flexibility index (Phi) is 3.26. The molecule has 2 rings (SSSR count). The highest BCUT2D eigenvalue weighted by Gasteiger charge is 2.26. The summed E-state index contributed by atoms with van der Waals surface area (Å²) in [5.74, 6) is 0. The number of rotatable bonds is 2. The van der Waals surface area contributed by atoms with Crippen LogP contribution in [0.5, 0.6) is 0 Å². The molecular formula is C13H17N3S. The molecule has 0 radical (unpaired) electrons. The molecule has 0 amide bonds. The van der Waals surface area contributed by atoms with Crippen molar-refractivity contribution in [3.05, 3.63) is 46.5 Å². The maximum atomic E-state index is 6.29. The van der Waals surface area contributed by atoms with Gasteiger partial charge in [-0.15, -0.1) is 5.10 Å². The van der Waals surface area contributed by atoms with Crippen LogP contribution in [0.1, 0.15) is 42.9 Å². The molecular weight excluding hydrogens is 230 g/mol. The van der Waals surface area contributed by atoms with Crippen LogP contribution in [0.15, 0.2) is 30.3 Å². The van der Waals surface area contributed by atoms with Gasteiger partial charge >= 0.3 is 0 Å². The molecule has 1 aromatic heterocycles. The summed E-state index contributed by atoms with van der Waals surface area (Å²) in [5, 5.41) is 4.22. The Morgan fingerprint density at radius 2 is 1.82 bits per heavy atom. The minimum atomic E-state index is -0.134. The molecule has 0 aliphatic rings. The molecule has 4 heteroatoms. The van der Waals surface area contributed by atoms with Gasteiger partial charge in [-0.05, 0) is 17.1 Å². The average Bonchev–Trinajstić information content (AvgIpc) is 2.78. The van der Waals surface area contributed by atoms with Gasteiger partial charge in [-0.2, -0.15) is 0 Å². The lowest BCUT2D eigenvalue weighted by Gasteiger charge is -2.19. The lowest BCUT2D eigenvalue weighted by atomic mass is 9.89. The molecule has 90 valence electrons. The molecule has 1 aromatic carbocycles. The molecule has 1 atom stereocenters. The fourth-order valence-electron chi connectivity index (χ4n) is 1.73. The zero-order valence-corrected chi connectivity index (χ0v) is 11.2. The minimum Gasteiger partial charge on any atom is -0.320 e. The number of nitrogens with two attached hydrogens (primary N) is 1. The lowest BCUT2D eigenvalue weighted by Crippen LogP contribution is -2.19. The van der Waals surface area contributed by atoms with Crippen LogP contribution in [0.3, 0.4) is 0 Å². The topological polar surface area (TPSA) is 51.8 Å². The largest absolute Gasteiger partial charge is 0.320 e. The summed E-state index contributed by atoms with van der Waals surface area (Å²) in [5.41, 5.74) is 8.37. The third-order valence-electron chi connectivity index (χ3n) is 2.66. The summed E-state index contributed by atoms with van der Waals surface area (Å²) in [4.78, 5) is 1.06. The van der Waals surface area contributed by atoms with Crippen molar-refractivity contribution in [2.75, 3.05) is 0 Å². The van der Waals surface area contributed by atoms with Crippen LogP contribution in [0.2, 0.25) is 0 Å². The predicted molar refractivity (Wildman–Crippen MR) is 71.1 cm³/mol. The van der Waals surface area contributed by atoms with E-state index in [1.54, 1.807) is 0 Å². The van der Waals surface area contributed by atoms with Crippen LogP contribution >= 0.6 is 11.5 Å². The minimum absolute atomic E-state index is 0.0191. The SMILES string of the molecule is CC(C)(C)c1nnsc1C(N)c1ccccc1. The van der Waals surface area contributed by atoms with Gasteiger partial charge in [0.25, 0.3) is 0 Å². The molecule has 17 heavy (non-hydrogen) atoms. The predicted octanol–water partition coefficient (Wildman–Crippen LogP) is 2.88. The molecule has 0 aliphatic carbocycles. The third-order valence-corrected chi connectivity index (χ3v) is 3.47. The van der Waals surface area contributed by atoms with Crippen molar-refractivity contribution in [2.24, 2.45) is 5.73 Å². The van der Waals surface area contributed by atoms with E-state index in [0.717, 1.165) is 16.1 Å². The van der Waals surface area contributed by atoms with Gasteiger partial charge in [0.2, 0.25) is 0 Å². The van der Waals surface area contributed by atoms with Crippen LogP contribution in [0.4, 0.5) is 0 Å². The van der Waals surface area contributed by atoms with E-state index < -0.39 is 0 Å². The first kappa shape index (κ1) is 12.2. The van der Waals surface area contributed by atoms with Crippen LogP contribution in [0, 0.1) is 0 Å². The number of hydrogen-bond donors (Lipinski definition) is 1. The molecule has 2 N–H and O–H groups in total. The van der Waals surface area contributed by atoms with Gasteiger partial charge in [-0.25, -0.2) is 0 Å². The number of hydrogen-bond acceptors (Lipinski definition) is 4. The Balaban J connectivity index is 2.39. The van der Waals surface area contributed by atoms with Crippen molar-refractivity contribution >= 4 is 11.5 Å². The Labute approximate surface area is 106 Å². The first-order valence-corrected chi connectivity index (χ1v) is 6.41. The van der Waals surface area contributed by atoms with Crippen molar-refractivity contribution < 1.29 is 0 Å². The second-order valence-corrected chi connectivity index (χ2v) is 5.91. The summed E-state index contributed by atoms with van der Waals surface area (Å²) < 4.78 is 4.05. The van der Waals surface area contributed by atoms with Gasteiger partial charge in [0.15, 0.2) is 0 Å². The van der Waals surface area contributed by atoms with E-state index in [0.29, 0.717) is 0 Å². The Hall–Kier alpha value is -1.26. The molecule has 2 aromatic rings. The fourth-order valence-corrected chi connectivity index (χ4v) is 2.63. The molecule has 1 unspecified atom stereocenters. The van der Waals surface area contributed by atoms with Gasteiger partial charge in [0.05, 0.1) is 16.6 Å². The zero-order valence-electron chi connectivity index (χ0n) is 10.3. The van der Waals surface area contributed by atoms with Crippen LogP contribution in [-0.2, 0) is 5.41 Å². The molecule has 0 saturated carbocycles. The van der Waals surface area contributed by atoms with Crippen LogP contribution < -0.4 is 5.73 Å². The van der Waals surface area contributed by atoms with Gasteiger partial charge in [-0.1, -0.05) is 55.6 Å². The fraction of sp³-hybridized carbons (Fsp3) is 0.385. The first-order chi connectivity index (χ1) is 8.00. The summed E-state index contributed by atoms with van der Waals surface area (Å²) in [7, 11) is 0. The Bertz CT molecular complexity index is 485. The van der Waals surface area contributed by atoms with Gasteiger partial charge < -0.3 is 5.73 Å². The van der Waals surface area contributed by atoms with E-state index >= 15 is 0 Å². The highest BCUT2D eigenvalue weighted by molar-refractivity contribution is 7.05. The van der Waals surface area contributed by atoms with Crippen molar-refractivity contribution in [1.29, 1.82) is 0 Å². The van der Waals surface area contributed by atoms with E-state index in [4.69, 9.17) is 5.73 Å². The highest BCUT2D eigenvalue weighted by Crippen LogP contribution is 2.32. The molecule has 0 saturated heterocycles. The molecule has 0 bridgehead atoms. The smallest absolute Gasteiger partial charge is 0.0860 e. The first-order valence-electron chi connectivity index (χ1n) is 5.63. The molecule has 0 fully saturated rings. The monoisotopic (exact) mass is 247 g/mol. The molecule has 3 nitrogen and oxygen atoms in total. The maximum absolute atomic E-state index is 6.29. The average molecular weight is 247 g/mol. The van der Waals surface area contributed by atoms with Crippen molar-refractivity contribution in [3.63, 3.8) is 0 Å². The van der Waals surface area contributed by atoms with E-state index in [9.17, 15) is 0 Å².